The van der Waals surface area contributed by atoms with Gasteiger partial charge in [-0.25, -0.2) is 4.98 Å². The predicted molar refractivity (Wildman–Crippen MR) is 87.4 cm³/mol. The molecule has 1 aliphatic rings. The Hall–Kier alpha value is -2.50. The van der Waals surface area contributed by atoms with Crippen molar-refractivity contribution in [1.29, 1.82) is 0 Å². The topological polar surface area (TPSA) is 67.9 Å². The normalized spacial score (nSPS) is 18.5. The van der Waals surface area contributed by atoms with Gasteiger partial charge in [-0.15, -0.1) is 0 Å². The molecule has 1 saturated heterocycles. The van der Waals surface area contributed by atoms with Crippen LogP contribution in [0.15, 0.2) is 35.0 Å². The second kappa shape index (κ2) is 5.95. The summed E-state index contributed by atoms with van der Waals surface area (Å²) in [4.78, 5) is 16.0. The van der Waals surface area contributed by atoms with E-state index in [0.717, 1.165) is 55.0 Å². The lowest BCUT2D eigenvalue weighted by Gasteiger charge is -2.32. The number of nitrogens with zero attached hydrogens (tertiary/aromatic N) is 5. The molecule has 1 aliphatic heterocycles. The highest BCUT2D eigenvalue weighted by molar-refractivity contribution is 5.75. The van der Waals surface area contributed by atoms with Crippen LogP contribution in [0.4, 0.5) is 5.82 Å². The largest absolute Gasteiger partial charge is 0.355 e. The lowest BCUT2D eigenvalue weighted by atomic mass is 9.97. The van der Waals surface area contributed by atoms with Crippen molar-refractivity contribution in [2.24, 2.45) is 0 Å². The summed E-state index contributed by atoms with van der Waals surface area (Å²) in [5, 5.41) is 4.14. The Kier molecular flexibility index (Phi) is 3.65. The van der Waals surface area contributed by atoms with Gasteiger partial charge in [-0.05, 0) is 25.0 Å². The van der Waals surface area contributed by atoms with E-state index >= 15 is 0 Å². The van der Waals surface area contributed by atoms with Crippen molar-refractivity contribution >= 4 is 16.9 Å². The molecule has 4 rings (SSSR count). The molecule has 1 fully saturated rings. The van der Waals surface area contributed by atoms with Crippen molar-refractivity contribution in [2.75, 3.05) is 18.0 Å². The fourth-order valence-electron chi connectivity index (χ4n) is 3.07. The smallest absolute Gasteiger partial charge is 0.226 e. The Morgan fingerprint density at radius 2 is 2.09 bits per heavy atom. The minimum absolute atomic E-state index is 0.293. The molecule has 1 atom stereocenters. The SMILES string of the molecule is CCc1nc([C@H]2CCCN(c3cnc4ccccc4n3)C2)no1. The lowest BCUT2D eigenvalue weighted by Crippen LogP contribution is -2.35. The molecule has 0 unspecified atom stereocenters. The van der Waals surface area contributed by atoms with Gasteiger partial charge in [0.25, 0.3) is 0 Å². The number of aryl methyl sites for hydroxylation is 1. The van der Waals surface area contributed by atoms with E-state index in [-0.39, 0.29) is 0 Å². The molecule has 6 nitrogen and oxygen atoms in total. The van der Waals surface area contributed by atoms with Crippen LogP contribution in [0.3, 0.4) is 0 Å². The van der Waals surface area contributed by atoms with Gasteiger partial charge >= 0.3 is 0 Å². The summed E-state index contributed by atoms with van der Waals surface area (Å²) < 4.78 is 5.26. The second-order valence-corrected chi connectivity index (χ2v) is 5.90. The van der Waals surface area contributed by atoms with Gasteiger partial charge < -0.3 is 9.42 Å². The molecule has 3 heterocycles. The molecule has 3 aromatic rings. The number of hydrogen-bond acceptors (Lipinski definition) is 6. The molecular formula is C17H19N5O. The summed E-state index contributed by atoms with van der Waals surface area (Å²) in [6.45, 7) is 3.87. The Bertz CT molecular complexity index is 815. The summed E-state index contributed by atoms with van der Waals surface area (Å²) in [5.74, 6) is 2.75. The molecule has 6 heteroatoms. The summed E-state index contributed by atoms with van der Waals surface area (Å²) >= 11 is 0. The average molecular weight is 309 g/mol. The first-order valence-corrected chi connectivity index (χ1v) is 8.12. The number of para-hydroxylation sites is 2. The minimum atomic E-state index is 0.293. The zero-order valence-corrected chi connectivity index (χ0v) is 13.1. The van der Waals surface area contributed by atoms with Crippen molar-refractivity contribution in [3.8, 4) is 0 Å². The standard InChI is InChI=1S/C17H19N5O/c1-2-16-20-17(21-23-16)12-6-5-9-22(11-12)15-10-18-13-7-3-4-8-14(13)19-15/h3-4,7-8,10,12H,2,5-6,9,11H2,1H3/t12-/m0/s1. The predicted octanol–water partition coefficient (Wildman–Crippen LogP) is 2.96. The number of benzene rings is 1. The zero-order valence-electron chi connectivity index (χ0n) is 13.1. The average Bonchev–Trinajstić information content (AvgIpc) is 3.11. The maximum absolute atomic E-state index is 5.26. The summed E-state index contributed by atoms with van der Waals surface area (Å²) in [6, 6.07) is 7.96. The molecule has 23 heavy (non-hydrogen) atoms. The van der Waals surface area contributed by atoms with Gasteiger partial charge in [-0.3, -0.25) is 4.98 Å². The van der Waals surface area contributed by atoms with Gasteiger partial charge in [0, 0.05) is 25.4 Å². The fourth-order valence-corrected chi connectivity index (χ4v) is 3.07. The van der Waals surface area contributed by atoms with Crippen molar-refractivity contribution in [1.82, 2.24) is 20.1 Å². The van der Waals surface area contributed by atoms with E-state index in [1.165, 1.54) is 0 Å². The van der Waals surface area contributed by atoms with E-state index in [2.05, 4.69) is 20.0 Å². The molecule has 0 bridgehead atoms. The molecule has 0 radical (unpaired) electrons. The van der Waals surface area contributed by atoms with Crippen molar-refractivity contribution < 1.29 is 4.52 Å². The summed E-state index contributed by atoms with van der Waals surface area (Å²) in [7, 11) is 0. The van der Waals surface area contributed by atoms with E-state index in [4.69, 9.17) is 9.51 Å². The van der Waals surface area contributed by atoms with Crippen LogP contribution < -0.4 is 4.90 Å². The third-order valence-corrected chi connectivity index (χ3v) is 4.33. The van der Waals surface area contributed by atoms with Gasteiger partial charge in [0.05, 0.1) is 17.2 Å². The Labute approximate surface area is 134 Å². The van der Waals surface area contributed by atoms with E-state index in [9.17, 15) is 0 Å². The van der Waals surface area contributed by atoms with Crippen LogP contribution in [0.25, 0.3) is 11.0 Å². The first-order chi connectivity index (χ1) is 11.3. The summed E-state index contributed by atoms with van der Waals surface area (Å²) in [5.41, 5.74) is 1.86. The first-order valence-electron chi connectivity index (χ1n) is 8.12. The van der Waals surface area contributed by atoms with Crippen LogP contribution in [-0.4, -0.2) is 33.2 Å². The summed E-state index contributed by atoms with van der Waals surface area (Å²) in [6.07, 6.45) is 4.81. The molecule has 1 aromatic carbocycles. The van der Waals surface area contributed by atoms with Crippen molar-refractivity contribution in [2.45, 2.75) is 32.1 Å². The fraction of sp³-hybridized carbons (Fsp3) is 0.412. The monoisotopic (exact) mass is 309 g/mol. The molecule has 2 aromatic heterocycles. The van der Waals surface area contributed by atoms with Crippen LogP contribution >= 0.6 is 0 Å². The maximum atomic E-state index is 5.26. The Balaban J connectivity index is 1.58. The molecule has 0 saturated carbocycles. The van der Waals surface area contributed by atoms with Crippen LogP contribution in [0, 0.1) is 0 Å². The van der Waals surface area contributed by atoms with Crippen LogP contribution in [0.5, 0.6) is 0 Å². The van der Waals surface area contributed by atoms with Gasteiger partial charge in [-0.2, -0.15) is 4.98 Å². The minimum Gasteiger partial charge on any atom is -0.355 e. The van der Waals surface area contributed by atoms with Crippen molar-refractivity contribution in [3.05, 3.63) is 42.2 Å². The van der Waals surface area contributed by atoms with Crippen LogP contribution in [0.1, 0.15) is 37.4 Å². The van der Waals surface area contributed by atoms with Gasteiger partial charge in [0.2, 0.25) is 5.89 Å². The van der Waals surface area contributed by atoms with E-state index in [1.807, 2.05) is 37.4 Å². The van der Waals surface area contributed by atoms with E-state index < -0.39 is 0 Å². The molecule has 0 amide bonds. The van der Waals surface area contributed by atoms with E-state index in [0.29, 0.717) is 11.8 Å². The highest BCUT2D eigenvalue weighted by Gasteiger charge is 2.26. The number of fused-ring (bicyclic) bond motifs is 1. The molecule has 118 valence electrons. The van der Waals surface area contributed by atoms with Crippen LogP contribution in [0.2, 0.25) is 0 Å². The number of anilines is 1. The van der Waals surface area contributed by atoms with Gasteiger partial charge in [0.15, 0.2) is 5.82 Å². The molecule has 0 N–H and O–H groups in total. The molecule has 0 spiro atoms. The number of rotatable bonds is 3. The quantitative estimate of drug-likeness (QED) is 0.741. The van der Waals surface area contributed by atoms with Crippen LogP contribution in [-0.2, 0) is 6.42 Å². The van der Waals surface area contributed by atoms with Crippen molar-refractivity contribution in [3.63, 3.8) is 0 Å². The zero-order chi connectivity index (χ0) is 15.6. The number of aromatic nitrogens is 4. The third-order valence-electron chi connectivity index (χ3n) is 4.33. The Morgan fingerprint density at radius 3 is 2.91 bits per heavy atom. The number of piperidine rings is 1. The number of hydrogen-bond donors (Lipinski definition) is 0. The van der Waals surface area contributed by atoms with E-state index in [1.54, 1.807) is 0 Å². The highest BCUT2D eigenvalue weighted by atomic mass is 16.5. The molecular weight excluding hydrogens is 290 g/mol. The lowest BCUT2D eigenvalue weighted by molar-refractivity contribution is 0.368. The maximum Gasteiger partial charge on any atom is 0.226 e. The third kappa shape index (κ3) is 2.76. The highest BCUT2D eigenvalue weighted by Crippen LogP contribution is 2.28. The Morgan fingerprint density at radius 1 is 1.22 bits per heavy atom. The molecule has 0 aliphatic carbocycles. The van der Waals surface area contributed by atoms with Gasteiger partial charge in [0.1, 0.15) is 5.82 Å². The van der Waals surface area contributed by atoms with Gasteiger partial charge in [-0.1, -0.05) is 24.2 Å². The second-order valence-electron chi connectivity index (χ2n) is 5.90. The first kappa shape index (κ1) is 14.1.